The molecule has 0 saturated carbocycles. The number of hydrogen-bond donors (Lipinski definition) is 2. The average Bonchev–Trinajstić information content (AvgIpc) is 3.05. The molecule has 0 amide bonds. The summed E-state index contributed by atoms with van der Waals surface area (Å²) in [6.07, 6.45) is 9.67. The van der Waals surface area contributed by atoms with E-state index in [4.69, 9.17) is 10.5 Å². The van der Waals surface area contributed by atoms with E-state index in [1.807, 2.05) is 6.92 Å². The van der Waals surface area contributed by atoms with Crippen molar-refractivity contribution >= 4 is 17.0 Å². The lowest BCUT2D eigenvalue weighted by Gasteiger charge is -2.22. The van der Waals surface area contributed by atoms with E-state index in [1.165, 1.54) is 6.33 Å². The third-order valence-electron chi connectivity index (χ3n) is 3.41. The molecule has 2 aromatic heterocycles. The highest BCUT2D eigenvalue weighted by atomic mass is 19.1. The van der Waals surface area contributed by atoms with Gasteiger partial charge in [-0.25, -0.2) is 4.98 Å². The molecule has 3 N–H and O–H groups in total. The lowest BCUT2D eigenvalue weighted by molar-refractivity contribution is -0.0854. The first-order chi connectivity index (χ1) is 10.0. The molecule has 2 atom stereocenters. The van der Waals surface area contributed by atoms with Crippen LogP contribution in [-0.4, -0.2) is 36.8 Å². The average molecular weight is 293 g/mol. The number of nitrogen functional groups attached to an aromatic ring is 1. The van der Waals surface area contributed by atoms with Crippen LogP contribution in [0.1, 0.15) is 26.0 Å². The van der Waals surface area contributed by atoms with Gasteiger partial charge >= 0.3 is 6.08 Å². The van der Waals surface area contributed by atoms with E-state index in [0.29, 0.717) is 24.0 Å². The van der Waals surface area contributed by atoms with Gasteiger partial charge in [-0.05, 0) is 19.8 Å². The maximum atomic E-state index is 13.2. The van der Waals surface area contributed by atoms with Crippen LogP contribution in [0.3, 0.4) is 0 Å². The molecule has 1 unspecified atom stereocenters. The molecule has 1 saturated heterocycles. The quantitative estimate of drug-likeness (QED) is 0.629. The van der Waals surface area contributed by atoms with Crippen LogP contribution in [0.15, 0.2) is 6.33 Å². The van der Waals surface area contributed by atoms with Gasteiger partial charge in [-0.1, -0.05) is 0 Å². The summed E-state index contributed by atoms with van der Waals surface area (Å²) in [7, 11) is 0. The summed E-state index contributed by atoms with van der Waals surface area (Å²) in [6.45, 7) is 1.76. The molecule has 0 aromatic carbocycles. The summed E-state index contributed by atoms with van der Waals surface area (Å²) in [5.74, 6) is 0.00386. The molecule has 112 valence electrons. The van der Waals surface area contributed by atoms with Crippen molar-refractivity contribution in [2.24, 2.45) is 0 Å². The third kappa shape index (κ3) is 2.66. The van der Waals surface area contributed by atoms with Gasteiger partial charge in [0.25, 0.3) is 0 Å². The van der Waals surface area contributed by atoms with Gasteiger partial charge in [0.2, 0.25) is 0 Å². The highest BCUT2D eigenvalue weighted by Crippen LogP contribution is 2.37. The van der Waals surface area contributed by atoms with Gasteiger partial charge in [0, 0.05) is 0 Å². The largest absolute Gasteiger partial charge is 0.393 e. The van der Waals surface area contributed by atoms with Crippen molar-refractivity contribution in [3.8, 4) is 12.8 Å². The monoisotopic (exact) mass is 293 g/mol. The van der Waals surface area contributed by atoms with E-state index in [9.17, 15) is 9.50 Å². The lowest BCUT2D eigenvalue weighted by atomic mass is 10.0. The summed E-state index contributed by atoms with van der Waals surface area (Å²) < 4.78 is 20.6. The maximum absolute atomic E-state index is 13.2. The summed E-state index contributed by atoms with van der Waals surface area (Å²) >= 11 is 0. The van der Waals surface area contributed by atoms with Crippen LogP contribution in [0.4, 0.5) is 10.2 Å². The predicted molar refractivity (Wildman–Crippen MR) is 74.4 cm³/mol. The standard InChI is InChI=1S/C11H14FN5O2.C2H2/c1-11(4-18)3-2-6(19-11)17-5-14-7-8(13)15-10(12)16-9(7)17;1-2/h5-6,18H,2-4H2,1H3,(H2,13,15,16);1-2H/t6?,11-;/m0./s1. The molecule has 2 aromatic rings. The van der Waals surface area contributed by atoms with E-state index in [-0.39, 0.29) is 18.7 Å². The second-order valence-corrected chi connectivity index (χ2v) is 4.92. The van der Waals surface area contributed by atoms with Crippen LogP contribution in [0.25, 0.3) is 11.2 Å². The SMILES string of the molecule is C#C.C[C@@]1(CO)CCC(n2cnc3c(N)nc(F)nc32)O1. The molecule has 3 heterocycles. The minimum absolute atomic E-state index is 0.00386. The zero-order valence-corrected chi connectivity index (χ0v) is 11.5. The number of aromatic nitrogens is 4. The van der Waals surface area contributed by atoms with Gasteiger partial charge in [0.1, 0.15) is 6.23 Å². The predicted octanol–water partition coefficient (Wildman–Crippen LogP) is 0.857. The Hall–Kier alpha value is -2.24. The Kier molecular flexibility index (Phi) is 4.06. The molecule has 0 spiro atoms. The van der Waals surface area contributed by atoms with Crippen LogP contribution in [0.2, 0.25) is 0 Å². The Labute approximate surface area is 121 Å². The van der Waals surface area contributed by atoms with Crippen molar-refractivity contribution in [3.05, 3.63) is 12.4 Å². The number of anilines is 1. The third-order valence-corrected chi connectivity index (χ3v) is 3.41. The Bertz CT molecular complexity index is 671. The zero-order valence-electron chi connectivity index (χ0n) is 11.5. The van der Waals surface area contributed by atoms with Gasteiger partial charge < -0.3 is 15.6 Å². The van der Waals surface area contributed by atoms with Gasteiger partial charge in [-0.2, -0.15) is 14.4 Å². The molecule has 3 rings (SSSR count). The normalized spacial score (nSPS) is 24.7. The summed E-state index contributed by atoms with van der Waals surface area (Å²) in [6, 6.07) is 0. The highest BCUT2D eigenvalue weighted by Gasteiger charge is 2.37. The van der Waals surface area contributed by atoms with E-state index in [2.05, 4.69) is 27.8 Å². The van der Waals surface area contributed by atoms with E-state index < -0.39 is 11.7 Å². The number of imidazole rings is 1. The van der Waals surface area contributed by atoms with Gasteiger partial charge in [0.05, 0.1) is 18.5 Å². The number of aliphatic hydroxyl groups excluding tert-OH is 1. The summed E-state index contributed by atoms with van der Waals surface area (Å²) in [5.41, 5.74) is 5.67. The van der Waals surface area contributed by atoms with Crippen molar-refractivity contribution < 1.29 is 14.2 Å². The van der Waals surface area contributed by atoms with Crippen molar-refractivity contribution in [3.63, 3.8) is 0 Å². The fourth-order valence-electron chi connectivity index (χ4n) is 2.31. The molecule has 7 nitrogen and oxygen atoms in total. The number of nitrogens with zero attached hydrogens (tertiary/aromatic N) is 4. The van der Waals surface area contributed by atoms with Crippen molar-refractivity contribution in [1.29, 1.82) is 0 Å². The highest BCUT2D eigenvalue weighted by molar-refractivity contribution is 5.81. The first-order valence-corrected chi connectivity index (χ1v) is 6.30. The van der Waals surface area contributed by atoms with Crippen LogP contribution in [-0.2, 0) is 4.74 Å². The van der Waals surface area contributed by atoms with Gasteiger partial charge in [-0.15, -0.1) is 12.8 Å². The number of hydrogen-bond acceptors (Lipinski definition) is 6. The minimum atomic E-state index is -0.894. The number of terminal acetylenes is 1. The number of nitrogens with two attached hydrogens (primary N) is 1. The summed E-state index contributed by atoms with van der Waals surface area (Å²) in [4.78, 5) is 11.2. The van der Waals surface area contributed by atoms with Crippen LogP contribution in [0, 0.1) is 18.9 Å². The first kappa shape index (κ1) is 15.2. The molecular weight excluding hydrogens is 277 g/mol. The number of aliphatic hydroxyl groups is 1. The molecule has 8 heteroatoms. The molecule has 1 fully saturated rings. The number of rotatable bonds is 2. The van der Waals surface area contributed by atoms with Crippen molar-refractivity contribution in [2.45, 2.75) is 31.6 Å². The molecular formula is C13H16FN5O2. The fourth-order valence-corrected chi connectivity index (χ4v) is 2.31. The first-order valence-electron chi connectivity index (χ1n) is 6.30. The van der Waals surface area contributed by atoms with E-state index >= 15 is 0 Å². The number of fused-ring (bicyclic) bond motifs is 1. The van der Waals surface area contributed by atoms with E-state index in [0.717, 1.165) is 0 Å². The molecule has 0 aliphatic carbocycles. The van der Waals surface area contributed by atoms with Gasteiger partial charge in [-0.3, -0.25) is 4.57 Å². The second-order valence-electron chi connectivity index (χ2n) is 4.92. The molecule has 1 aliphatic heterocycles. The Balaban J connectivity index is 0.000000774. The number of ether oxygens (including phenoxy) is 1. The minimum Gasteiger partial charge on any atom is -0.393 e. The number of halogens is 1. The lowest BCUT2D eigenvalue weighted by Crippen LogP contribution is -2.28. The zero-order chi connectivity index (χ0) is 15.6. The maximum Gasteiger partial charge on any atom is 0.312 e. The van der Waals surface area contributed by atoms with Crippen LogP contribution < -0.4 is 5.73 Å². The molecule has 1 aliphatic rings. The Morgan fingerprint density at radius 3 is 2.90 bits per heavy atom. The van der Waals surface area contributed by atoms with Crippen molar-refractivity contribution in [2.75, 3.05) is 12.3 Å². The smallest absolute Gasteiger partial charge is 0.312 e. The van der Waals surface area contributed by atoms with Crippen LogP contribution >= 0.6 is 0 Å². The topological polar surface area (TPSA) is 99.1 Å². The fraction of sp³-hybridized carbons (Fsp3) is 0.462. The Morgan fingerprint density at radius 2 is 2.29 bits per heavy atom. The molecule has 0 radical (unpaired) electrons. The summed E-state index contributed by atoms with van der Waals surface area (Å²) in [5, 5.41) is 9.29. The second kappa shape index (κ2) is 5.63. The Morgan fingerprint density at radius 1 is 1.57 bits per heavy atom. The van der Waals surface area contributed by atoms with Gasteiger partial charge in [0.15, 0.2) is 17.0 Å². The molecule has 21 heavy (non-hydrogen) atoms. The van der Waals surface area contributed by atoms with Crippen LogP contribution in [0.5, 0.6) is 0 Å². The van der Waals surface area contributed by atoms with Crippen molar-refractivity contribution in [1.82, 2.24) is 19.5 Å². The molecule has 0 bridgehead atoms. The van der Waals surface area contributed by atoms with E-state index in [1.54, 1.807) is 4.57 Å².